The molecule has 1 nitrogen and oxygen atoms in total. The summed E-state index contributed by atoms with van der Waals surface area (Å²) in [5, 5.41) is 0. The number of hydrogen-bond donors (Lipinski definition) is 0. The van der Waals surface area contributed by atoms with Crippen LogP contribution in [-0.2, 0) is 4.43 Å². The molecule has 1 atom stereocenters. The average Bonchev–Trinajstić information content (AvgIpc) is 2.52. The molecule has 0 saturated carbocycles. The van der Waals surface area contributed by atoms with Crippen molar-refractivity contribution >= 4 is 8.32 Å². The summed E-state index contributed by atoms with van der Waals surface area (Å²) in [6.45, 7) is 15.4. The topological polar surface area (TPSA) is 9.23 Å². The van der Waals surface area contributed by atoms with Gasteiger partial charge in [0, 0.05) is 5.56 Å². The van der Waals surface area contributed by atoms with Gasteiger partial charge in [-0.1, -0.05) is 77.2 Å². The van der Waals surface area contributed by atoms with Crippen LogP contribution in [-0.4, -0.2) is 14.4 Å². The number of benzene rings is 1. The molecule has 2 heteroatoms. The van der Waals surface area contributed by atoms with Crippen LogP contribution in [0.3, 0.4) is 0 Å². The lowest BCUT2D eigenvalue weighted by Crippen LogP contribution is -2.47. The van der Waals surface area contributed by atoms with Crippen LogP contribution in [0.5, 0.6) is 0 Å². The molecule has 0 amide bonds. The zero-order valence-corrected chi connectivity index (χ0v) is 16.4. The minimum absolute atomic E-state index is 0.0247. The Labute approximate surface area is 144 Å². The van der Waals surface area contributed by atoms with Crippen molar-refractivity contribution in [2.45, 2.75) is 70.7 Å². The quantitative estimate of drug-likeness (QED) is 0.315. The van der Waals surface area contributed by atoms with Gasteiger partial charge in [-0.2, -0.15) is 0 Å². The van der Waals surface area contributed by atoms with Crippen molar-refractivity contribution in [3.05, 3.63) is 48.6 Å². The molecule has 23 heavy (non-hydrogen) atoms. The van der Waals surface area contributed by atoms with Gasteiger partial charge >= 0.3 is 0 Å². The SMILES string of the molecule is C=CC[Si](OC(C#Cc1ccccc1)CCC)(C(C)C)C(C)C. The van der Waals surface area contributed by atoms with Crippen molar-refractivity contribution in [1.29, 1.82) is 0 Å². The summed E-state index contributed by atoms with van der Waals surface area (Å²) >= 11 is 0. The van der Waals surface area contributed by atoms with Gasteiger partial charge in [0.2, 0.25) is 8.32 Å². The molecular formula is C21H32OSi. The van der Waals surface area contributed by atoms with Gasteiger partial charge in [-0.15, -0.1) is 6.58 Å². The van der Waals surface area contributed by atoms with E-state index in [2.05, 4.69) is 65.2 Å². The van der Waals surface area contributed by atoms with E-state index in [4.69, 9.17) is 4.43 Å². The van der Waals surface area contributed by atoms with Crippen LogP contribution in [0.1, 0.15) is 53.0 Å². The van der Waals surface area contributed by atoms with Crippen molar-refractivity contribution < 1.29 is 4.43 Å². The fraction of sp³-hybridized carbons (Fsp3) is 0.524. The van der Waals surface area contributed by atoms with Gasteiger partial charge < -0.3 is 4.43 Å². The number of rotatable bonds is 8. The van der Waals surface area contributed by atoms with Crippen LogP contribution in [0.15, 0.2) is 43.0 Å². The van der Waals surface area contributed by atoms with E-state index in [9.17, 15) is 0 Å². The van der Waals surface area contributed by atoms with Gasteiger partial charge in [-0.25, -0.2) is 0 Å². The van der Waals surface area contributed by atoms with Gasteiger partial charge in [0.05, 0.1) is 0 Å². The lowest BCUT2D eigenvalue weighted by molar-refractivity contribution is 0.221. The van der Waals surface area contributed by atoms with Crippen molar-refractivity contribution in [1.82, 2.24) is 0 Å². The van der Waals surface area contributed by atoms with Gasteiger partial charge in [0.15, 0.2) is 0 Å². The normalized spacial score (nSPS) is 12.8. The molecule has 126 valence electrons. The molecule has 0 fully saturated rings. The van der Waals surface area contributed by atoms with E-state index in [0.717, 1.165) is 24.4 Å². The Morgan fingerprint density at radius 1 is 1.13 bits per heavy atom. The lowest BCUT2D eigenvalue weighted by Gasteiger charge is -2.40. The van der Waals surface area contributed by atoms with Crippen LogP contribution in [0.2, 0.25) is 17.1 Å². The minimum Gasteiger partial charge on any atom is -0.402 e. The molecule has 1 unspecified atom stereocenters. The van der Waals surface area contributed by atoms with E-state index in [-0.39, 0.29) is 6.10 Å². The van der Waals surface area contributed by atoms with E-state index in [1.807, 2.05) is 24.3 Å². The first-order chi connectivity index (χ1) is 11.0. The van der Waals surface area contributed by atoms with Crippen molar-refractivity contribution in [3.63, 3.8) is 0 Å². The van der Waals surface area contributed by atoms with Crippen LogP contribution < -0.4 is 0 Å². The number of allylic oxidation sites excluding steroid dienone is 1. The summed E-state index contributed by atoms with van der Waals surface area (Å²) < 4.78 is 6.76. The van der Waals surface area contributed by atoms with Gasteiger partial charge in [-0.05, 0) is 35.7 Å². The maximum atomic E-state index is 6.76. The van der Waals surface area contributed by atoms with Crippen molar-refractivity contribution in [2.75, 3.05) is 0 Å². The first-order valence-corrected chi connectivity index (χ1v) is 11.1. The predicted octanol–water partition coefficient (Wildman–Crippen LogP) is 6.17. The van der Waals surface area contributed by atoms with E-state index in [1.54, 1.807) is 0 Å². The Balaban J connectivity index is 3.04. The largest absolute Gasteiger partial charge is 0.402 e. The predicted molar refractivity (Wildman–Crippen MR) is 104 cm³/mol. The van der Waals surface area contributed by atoms with E-state index in [1.165, 1.54) is 0 Å². The Morgan fingerprint density at radius 2 is 1.74 bits per heavy atom. The second-order valence-corrected chi connectivity index (χ2v) is 11.7. The Morgan fingerprint density at radius 3 is 2.22 bits per heavy atom. The summed E-state index contributed by atoms with van der Waals surface area (Å²) in [5.74, 6) is 6.68. The fourth-order valence-corrected chi connectivity index (χ4v) is 7.13. The van der Waals surface area contributed by atoms with E-state index >= 15 is 0 Å². The van der Waals surface area contributed by atoms with E-state index < -0.39 is 8.32 Å². The summed E-state index contributed by atoms with van der Waals surface area (Å²) in [6.07, 6.45) is 4.14. The molecule has 0 aliphatic heterocycles. The Bertz CT molecular complexity index is 514. The first-order valence-electron chi connectivity index (χ1n) is 8.81. The summed E-state index contributed by atoms with van der Waals surface area (Å²) in [7, 11) is -1.91. The molecule has 0 bridgehead atoms. The molecule has 0 spiro atoms. The highest BCUT2D eigenvalue weighted by atomic mass is 28.4. The summed E-state index contributed by atoms with van der Waals surface area (Å²) in [4.78, 5) is 0. The third kappa shape index (κ3) is 5.68. The highest BCUT2D eigenvalue weighted by Crippen LogP contribution is 2.38. The first kappa shape index (κ1) is 19.7. The van der Waals surface area contributed by atoms with Crippen molar-refractivity contribution in [2.24, 2.45) is 0 Å². The smallest absolute Gasteiger partial charge is 0.203 e. The standard InChI is InChI=1S/C21H32OSi/c1-7-12-21(16-15-20-13-10-9-11-14-20)22-23(17-8-2,18(3)4)19(5)6/h8-11,13-14,18-19,21H,2,7,12,17H2,1,3-6H3. The molecule has 0 N–H and O–H groups in total. The Kier molecular flexibility index (Phi) is 8.37. The van der Waals surface area contributed by atoms with Crippen molar-refractivity contribution in [3.8, 4) is 11.8 Å². The monoisotopic (exact) mass is 328 g/mol. The van der Waals surface area contributed by atoms with Crippen LogP contribution >= 0.6 is 0 Å². The van der Waals surface area contributed by atoms with Gasteiger partial charge in [-0.3, -0.25) is 0 Å². The van der Waals surface area contributed by atoms with Crippen LogP contribution in [0.25, 0.3) is 0 Å². The molecule has 0 aliphatic rings. The molecule has 0 aliphatic carbocycles. The number of hydrogen-bond acceptors (Lipinski definition) is 1. The van der Waals surface area contributed by atoms with Gasteiger partial charge in [0.1, 0.15) is 6.10 Å². The fourth-order valence-electron chi connectivity index (χ4n) is 3.06. The highest BCUT2D eigenvalue weighted by molar-refractivity contribution is 6.76. The lowest BCUT2D eigenvalue weighted by atomic mass is 10.2. The average molecular weight is 329 g/mol. The van der Waals surface area contributed by atoms with E-state index in [0.29, 0.717) is 11.1 Å². The molecular weight excluding hydrogens is 296 g/mol. The highest BCUT2D eigenvalue weighted by Gasteiger charge is 2.42. The molecule has 0 radical (unpaired) electrons. The summed E-state index contributed by atoms with van der Waals surface area (Å²) in [5.41, 5.74) is 2.17. The Hall–Kier alpha value is -1.30. The third-order valence-corrected chi connectivity index (χ3v) is 10.0. The van der Waals surface area contributed by atoms with Gasteiger partial charge in [0.25, 0.3) is 0 Å². The summed E-state index contributed by atoms with van der Waals surface area (Å²) in [6, 6.07) is 11.2. The molecule has 0 saturated heterocycles. The molecule has 1 aromatic rings. The minimum atomic E-state index is -1.91. The second kappa shape index (κ2) is 9.75. The van der Waals surface area contributed by atoms with Crippen LogP contribution in [0.4, 0.5) is 0 Å². The van der Waals surface area contributed by atoms with Crippen LogP contribution in [0, 0.1) is 11.8 Å². The molecule has 0 aromatic heterocycles. The zero-order valence-electron chi connectivity index (χ0n) is 15.4. The molecule has 1 aromatic carbocycles. The maximum Gasteiger partial charge on any atom is 0.203 e. The maximum absolute atomic E-state index is 6.76. The third-order valence-electron chi connectivity index (χ3n) is 4.48. The molecule has 1 rings (SSSR count). The zero-order chi connectivity index (χ0) is 17.3. The molecule has 0 heterocycles. The second-order valence-electron chi connectivity index (χ2n) is 6.79.